The average Bonchev–Trinajstić information content (AvgIpc) is 2.62. The second-order valence-electron chi connectivity index (χ2n) is 3.71. The lowest BCUT2D eigenvalue weighted by atomic mass is 9.85. The zero-order valence-electron chi connectivity index (χ0n) is 8.11. The second-order valence-corrected chi connectivity index (χ2v) is 3.71. The van der Waals surface area contributed by atoms with Gasteiger partial charge in [-0.1, -0.05) is 18.2 Å². The number of aliphatic hydroxyl groups excluding tert-OH is 1. The van der Waals surface area contributed by atoms with Crippen molar-refractivity contribution in [1.29, 1.82) is 0 Å². The zero-order chi connectivity index (χ0) is 9.97. The van der Waals surface area contributed by atoms with E-state index >= 15 is 0 Å². The van der Waals surface area contributed by atoms with E-state index in [1.54, 1.807) is 0 Å². The molecular formula is C11H16N2O. The quantitative estimate of drug-likeness (QED) is 0.602. The minimum atomic E-state index is 0.133. The number of nitrogens with two attached hydrogens (primary N) is 1. The number of nitrogens with one attached hydrogen (secondary N) is 1. The molecule has 0 saturated carbocycles. The summed E-state index contributed by atoms with van der Waals surface area (Å²) in [6.07, 6.45) is 9.16. The summed E-state index contributed by atoms with van der Waals surface area (Å²) in [7, 11) is 0. The first-order valence-electron chi connectivity index (χ1n) is 5.00. The summed E-state index contributed by atoms with van der Waals surface area (Å²) in [5.74, 6) is 0.326. The molecule has 1 aliphatic heterocycles. The van der Waals surface area contributed by atoms with Crippen LogP contribution in [0.15, 0.2) is 35.6 Å². The molecule has 3 heteroatoms. The highest BCUT2D eigenvalue weighted by Gasteiger charge is 2.30. The van der Waals surface area contributed by atoms with Gasteiger partial charge in [-0.25, -0.2) is 0 Å². The summed E-state index contributed by atoms with van der Waals surface area (Å²) in [6.45, 7) is 0.813. The van der Waals surface area contributed by atoms with Gasteiger partial charge in [0, 0.05) is 5.92 Å². The molecule has 1 aliphatic carbocycles. The number of hydrogen-bond acceptors (Lipinski definition) is 3. The van der Waals surface area contributed by atoms with Gasteiger partial charge in [0.15, 0.2) is 0 Å². The molecule has 0 aromatic rings. The molecule has 1 heterocycles. The average molecular weight is 192 g/mol. The van der Waals surface area contributed by atoms with Crippen LogP contribution in [0, 0.1) is 5.92 Å². The van der Waals surface area contributed by atoms with Crippen molar-refractivity contribution in [3.63, 3.8) is 0 Å². The van der Waals surface area contributed by atoms with Crippen molar-refractivity contribution in [2.45, 2.75) is 12.5 Å². The summed E-state index contributed by atoms with van der Waals surface area (Å²) < 4.78 is 0. The van der Waals surface area contributed by atoms with Gasteiger partial charge >= 0.3 is 0 Å². The molecule has 0 radical (unpaired) electrons. The standard InChI is InChI=1S/C11H16N2O/c12-5-4-8-2-1-3-10-9(7-14)6-13-11(8)10/h1-3,6,10-11,13-14H,4-5,7,12H2. The van der Waals surface area contributed by atoms with Crippen LogP contribution < -0.4 is 11.1 Å². The second kappa shape index (κ2) is 3.98. The Morgan fingerprint density at radius 3 is 3.00 bits per heavy atom. The van der Waals surface area contributed by atoms with Crippen LogP contribution in [-0.2, 0) is 0 Å². The van der Waals surface area contributed by atoms with E-state index in [4.69, 9.17) is 10.8 Å². The van der Waals surface area contributed by atoms with Crippen LogP contribution in [0.3, 0.4) is 0 Å². The Hall–Kier alpha value is -1.06. The first-order chi connectivity index (χ1) is 6.86. The van der Waals surface area contributed by atoms with Gasteiger partial charge in [0.2, 0.25) is 0 Å². The number of allylic oxidation sites excluding steroid dienone is 2. The van der Waals surface area contributed by atoms with Crippen LogP contribution in [0.1, 0.15) is 6.42 Å². The van der Waals surface area contributed by atoms with Crippen LogP contribution in [0.2, 0.25) is 0 Å². The van der Waals surface area contributed by atoms with Crippen LogP contribution >= 0.6 is 0 Å². The van der Waals surface area contributed by atoms with Crippen LogP contribution in [0.25, 0.3) is 0 Å². The van der Waals surface area contributed by atoms with E-state index in [0.717, 1.165) is 12.0 Å². The Morgan fingerprint density at radius 2 is 2.29 bits per heavy atom. The fourth-order valence-corrected chi connectivity index (χ4v) is 2.14. The van der Waals surface area contributed by atoms with E-state index < -0.39 is 0 Å². The largest absolute Gasteiger partial charge is 0.392 e. The van der Waals surface area contributed by atoms with Crippen molar-refractivity contribution in [2.75, 3.05) is 13.2 Å². The van der Waals surface area contributed by atoms with E-state index in [1.165, 1.54) is 5.57 Å². The predicted octanol–water partition coefficient (Wildman–Crippen LogP) is 0.296. The Labute approximate surface area is 84.0 Å². The van der Waals surface area contributed by atoms with Crippen molar-refractivity contribution in [3.8, 4) is 0 Å². The molecule has 76 valence electrons. The highest BCUT2D eigenvalue weighted by atomic mass is 16.3. The maximum atomic E-state index is 9.13. The summed E-state index contributed by atoms with van der Waals surface area (Å²) in [5.41, 5.74) is 7.95. The smallest absolute Gasteiger partial charge is 0.0665 e. The van der Waals surface area contributed by atoms with E-state index in [-0.39, 0.29) is 6.61 Å². The van der Waals surface area contributed by atoms with Crippen molar-refractivity contribution < 1.29 is 5.11 Å². The Kier molecular flexibility index (Phi) is 2.70. The minimum Gasteiger partial charge on any atom is -0.392 e. The number of hydrogen-bond donors (Lipinski definition) is 3. The molecule has 2 atom stereocenters. The van der Waals surface area contributed by atoms with E-state index in [0.29, 0.717) is 18.5 Å². The first kappa shape index (κ1) is 9.49. The van der Waals surface area contributed by atoms with Crippen molar-refractivity contribution >= 4 is 0 Å². The molecule has 4 N–H and O–H groups in total. The maximum Gasteiger partial charge on any atom is 0.0665 e. The van der Waals surface area contributed by atoms with Gasteiger partial charge in [-0.15, -0.1) is 0 Å². The summed E-state index contributed by atoms with van der Waals surface area (Å²) in [6, 6.07) is 0.325. The molecule has 2 rings (SSSR count). The van der Waals surface area contributed by atoms with Gasteiger partial charge in [0.1, 0.15) is 0 Å². The molecule has 2 aliphatic rings. The molecule has 0 bridgehead atoms. The van der Waals surface area contributed by atoms with E-state index in [9.17, 15) is 0 Å². The summed E-state index contributed by atoms with van der Waals surface area (Å²) in [4.78, 5) is 0. The third kappa shape index (κ3) is 1.49. The Balaban J connectivity index is 2.14. The third-order valence-electron chi connectivity index (χ3n) is 2.88. The normalized spacial score (nSPS) is 29.3. The van der Waals surface area contributed by atoms with E-state index in [1.807, 2.05) is 6.20 Å². The number of aliphatic hydroxyl groups is 1. The number of fused-ring (bicyclic) bond motifs is 1. The summed E-state index contributed by atoms with van der Waals surface area (Å²) in [5, 5.41) is 12.4. The Morgan fingerprint density at radius 1 is 1.43 bits per heavy atom. The lowest BCUT2D eigenvalue weighted by molar-refractivity contribution is 0.320. The number of rotatable bonds is 3. The molecule has 0 saturated heterocycles. The molecule has 2 unspecified atom stereocenters. The van der Waals surface area contributed by atoms with Crippen LogP contribution in [0.5, 0.6) is 0 Å². The maximum absolute atomic E-state index is 9.13. The molecule has 0 fully saturated rings. The van der Waals surface area contributed by atoms with Crippen LogP contribution in [0.4, 0.5) is 0 Å². The van der Waals surface area contributed by atoms with Gasteiger partial charge in [0.05, 0.1) is 12.6 Å². The van der Waals surface area contributed by atoms with Gasteiger partial charge in [-0.2, -0.15) is 0 Å². The van der Waals surface area contributed by atoms with Crippen LogP contribution in [-0.4, -0.2) is 24.3 Å². The van der Waals surface area contributed by atoms with Gasteiger partial charge < -0.3 is 16.2 Å². The lowest BCUT2D eigenvalue weighted by Crippen LogP contribution is -2.31. The fourth-order valence-electron chi connectivity index (χ4n) is 2.14. The fraction of sp³-hybridized carbons (Fsp3) is 0.455. The van der Waals surface area contributed by atoms with Gasteiger partial charge in [0.25, 0.3) is 0 Å². The highest BCUT2D eigenvalue weighted by molar-refractivity contribution is 5.36. The molecule has 14 heavy (non-hydrogen) atoms. The molecule has 3 nitrogen and oxygen atoms in total. The third-order valence-corrected chi connectivity index (χ3v) is 2.88. The van der Waals surface area contributed by atoms with Crippen molar-refractivity contribution in [1.82, 2.24) is 5.32 Å². The minimum absolute atomic E-state index is 0.133. The van der Waals surface area contributed by atoms with Gasteiger partial charge in [-0.3, -0.25) is 0 Å². The first-order valence-corrected chi connectivity index (χ1v) is 5.00. The van der Waals surface area contributed by atoms with E-state index in [2.05, 4.69) is 23.5 Å². The lowest BCUT2D eigenvalue weighted by Gasteiger charge is -2.25. The highest BCUT2D eigenvalue weighted by Crippen LogP contribution is 2.30. The topological polar surface area (TPSA) is 58.3 Å². The zero-order valence-corrected chi connectivity index (χ0v) is 8.11. The van der Waals surface area contributed by atoms with Crippen molar-refractivity contribution in [2.24, 2.45) is 11.7 Å². The molecule has 0 spiro atoms. The monoisotopic (exact) mass is 192 g/mol. The predicted molar refractivity (Wildman–Crippen MR) is 56.5 cm³/mol. The molecule has 0 amide bonds. The summed E-state index contributed by atoms with van der Waals surface area (Å²) >= 11 is 0. The van der Waals surface area contributed by atoms with Gasteiger partial charge in [-0.05, 0) is 30.3 Å². The molecule has 0 aromatic carbocycles. The van der Waals surface area contributed by atoms with Crippen molar-refractivity contribution in [3.05, 3.63) is 35.6 Å². The molecule has 0 aromatic heterocycles. The molecular weight excluding hydrogens is 176 g/mol. The Bertz CT molecular complexity index is 304. The SMILES string of the molecule is NCCC1=CC=CC2C(CO)=CNC12.